The van der Waals surface area contributed by atoms with Gasteiger partial charge in [0.15, 0.2) is 0 Å². The zero-order chi connectivity index (χ0) is 11.8. The van der Waals surface area contributed by atoms with Crippen LogP contribution in [-0.2, 0) is 4.79 Å². The van der Waals surface area contributed by atoms with Gasteiger partial charge in [-0.3, -0.25) is 0 Å². The minimum absolute atomic E-state index is 0.821. The van der Waals surface area contributed by atoms with Crippen LogP contribution < -0.4 is 0 Å². The summed E-state index contributed by atoms with van der Waals surface area (Å²) in [6.45, 7) is 0. The van der Waals surface area contributed by atoms with Gasteiger partial charge < -0.3 is 5.11 Å². The van der Waals surface area contributed by atoms with Crippen molar-refractivity contribution in [2.24, 2.45) is 23.7 Å². The predicted octanol–water partition coefficient (Wildman–Crippen LogP) is 3.19. The molecule has 0 spiro atoms. The van der Waals surface area contributed by atoms with Gasteiger partial charge in [0.2, 0.25) is 0 Å². The van der Waals surface area contributed by atoms with E-state index in [1.807, 2.05) is 11.8 Å². The summed E-state index contributed by atoms with van der Waals surface area (Å²) in [6.07, 6.45) is 10.4. The Bertz CT molecular complexity index is 309. The second-order valence-corrected chi connectivity index (χ2v) is 7.18. The number of thioether (sulfide) groups is 1. The molecule has 0 amide bonds. The van der Waals surface area contributed by atoms with E-state index in [4.69, 9.17) is 5.11 Å². The number of aliphatic carboxylic acids is 1. The molecule has 4 bridgehead atoms. The van der Waals surface area contributed by atoms with Crippen LogP contribution in [0.25, 0.3) is 0 Å². The molecule has 0 atom stereocenters. The molecule has 4 rings (SSSR count). The molecule has 94 valence electrons. The summed E-state index contributed by atoms with van der Waals surface area (Å²) in [5.41, 5.74) is 0. The van der Waals surface area contributed by atoms with Crippen molar-refractivity contribution in [1.29, 1.82) is 0 Å². The molecule has 0 radical (unpaired) electrons. The van der Waals surface area contributed by atoms with Crippen LogP contribution in [-0.4, -0.2) is 22.1 Å². The van der Waals surface area contributed by atoms with Gasteiger partial charge in [-0.2, -0.15) is 11.8 Å². The minimum atomic E-state index is -0.823. The van der Waals surface area contributed by atoms with Crippen molar-refractivity contribution in [3.05, 3.63) is 12.2 Å². The molecule has 4 saturated carbocycles. The van der Waals surface area contributed by atoms with Crippen molar-refractivity contribution in [2.45, 2.75) is 37.4 Å². The Morgan fingerprint density at radius 2 is 1.71 bits per heavy atom. The maximum Gasteiger partial charge on any atom is 0.328 e. The summed E-state index contributed by atoms with van der Waals surface area (Å²) >= 11 is 2.00. The first-order valence-corrected chi connectivity index (χ1v) is 7.78. The molecule has 2 nitrogen and oxygen atoms in total. The third-order valence-electron chi connectivity index (χ3n) is 4.79. The van der Waals surface area contributed by atoms with Gasteiger partial charge in [-0.25, -0.2) is 4.79 Å². The first kappa shape index (κ1) is 11.6. The fourth-order valence-corrected chi connectivity index (χ4v) is 5.88. The second-order valence-electron chi connectivity index (χ2n) is 5.97. The van der Waals surface area contributed by atoms with Gasteiger partial charge in [0, 0.05) is 17.1 Å². The van der Waals surface area contributed by atoms with Crippen LogP contribution in [0.4, 0.5) is 0 Å². The van der Waals surface area contributed by atoms with Crippen molar-refractivity contribution in [3.63, 3.8) is 0 Å². The van der Waals surface area contributed by atoms with E-state index in [1.165, 1.54) is 38.2 Å². The maximum absolute atomic E-state index is 10.4. The summed E-state index contributed by atoms with van der Waals surface area (Å²) in [7, 11) is 0. The molecule has 1 N–H and O–H groups in total. The normalized spacial score (nSPS) is 43.4. The molecule has 0 heterocycles. The van der Waals surface area contributed by atoms with Crippen molar-refractivity contribution in [3.8, 4) is 0 Å². The molecule has 3 heteroatoms. The molecule has 4 fully saturated rings. The van der Waals surface area contributed by atoms with Gasteiger partial charge in [-0.15, -0.1) is 0 Å². The zero-order valence-corrected chi connectivity index (χ0v) is 10.9. The van der Waals surface area contributed by atoms with Gasteiger partial charge in [-0.05, 0) is 55.8 Å². The van der Waals surface area contributed by atoms with E-state index in [-0.39, 0.29) is 0 Å². The Balaban J connectivity index is 1.55. The highest BCUT2D eigenvalue weighted by molar-refractivity contribution is 8.00. The van der Waals surface area contributed by atoms with E-state index in [0.717, 1.165) is 34.7 Å². The monoisotopic (exact) mass is 252 g/mol. The average Bonchev–Trinajstić information content (AvgIpc) is 2.25. The molecule has 17 heavy (non-hydrogen) atoms. The second kappa shape index (κ2) is 4.68. The molecule has 0 aromatic rings. The molecule has 0 aromatic heterocycles. The van der Waals surface area contributed by atoms with Gasteiger partial charge >= 0.3 is 5.97 Å². The highest BCUT2D eigenvalue weighted by Gasteiger charge is 2.47. The lowest BCUT2D eigenvalue weighted by Gasteiger charge is -2.54. The molecular formula is C14H20O2S. The predicted molar refractivity (Wildman–Crippen MR) is 70.1 cm³/mol. The number of carboxylic acid groups (broad SMARTS) is 1. The lowest BCUT2D eigenvalue weighted by atomic mass is 9.56. The Kier molecular flexibility index (Phi) is 3.20. The Morgan fingerprint density at radius 1 is 1.12 bits per heavy atom. The highest BCUT2D eigenvalue weighted by atomic mass is 32.2. The van der Waals surface area contributed by atoms with E-state index in [2.05, 4.69) is 0 Å². The number of rotatable bonds is 4. The van der Waals surface area contributed by atoms with Crippen LogP contribution >= 0.6 is 11.8 Å². The quantitative estimate of drug-likeness (QED) is 0.781. The smallest absolute Gasteiger partial charge is 0.328 e. The van der Waals surface area contributed by atoms with E-state index in [9.17, 15) is 4.79 Å². The largest absolute Gasteiger partial charge is 0.478 e. The van der Waals surface area contributed by atoms with Crippen molar-refractivity contribution in [2.75, 3.05) is 5.75 Å². The molecule has 0 aromatic carbocycles. The van der Waals surface area contributed by atoms with Gasteiger partial charge in [0.05, 0.1) is 0 Å². The van der Waals surface area contributed by atoms with Gasteiger partial charge in [-0.1, -0.05) is 6.08 Å². The zero-order valence-electron chi connectivity index (χ0n) is 10.0. The van der Waals surface area contributed by atoms with Crippen LogP contribution in [0.5, 0.6) is 0 Å². The van der Waals surface area contributed by atoms with Crippen molar-refractivity contribution < 1.29 is 9.90 Å². The van der Waals surface area contributed by atoms with Crippen LogP contribution in [0.2, 0.25) is 0 Å². The molecular weight excluding hydrogens is 232 g/mol. The standard InChI is InChI=1S/C14H20O2S/c15-13(16)2-1-3-17-14-11-5-9-4-10(7-11)8-12(14)6-9/h1-2,9-12,14H,3-8H2,(H,15,16)/b2-1+. The van der Waals surface area contributed by atoms with Crippen LogP contribution in [0, 0.1) is 23.7 Å². The molecule has 4 aliphatic carbocycles. The van der Waals surface area contributed by atoms with E-state index in [1.54, 1.807) is 6.08 Å². The Hall–Kier alpha value is -0.440. The average molecular weight is 252 g/mol. The first-order chi connectivity index (χ1) is 8.22. The van der Waals surface area contributed by atoms with Crippen molar-refractivity contribution in [1.82, 2.24) is 0 Å². The Labute approximate surface area is 107 Å². The Morgan fingerprint density at radius 3 is 2.24 bits per heavy atom. The highest BCUT2D eigenvalue weighted by Crippen LogP contribution is 2.56. The number of hydrogen-bond acceptors (Lipinski definition) is 2. The van der Waals surface area contributed by atoms with E-state index < -0.39 is 5.97 Å². The van der Waals surface area contributed by atoms with Crippen molar-refractivity contribution >= 4 is 17.7 Å². The summed E-state index contributed by atoms with van der Waals surface area (Å²) in [4.78, 5) is 10.4. The fraction of sp³-hybridized carbons (Fsp3) is 0.786. The molecule has 4 aliphatic rings. The van der Waals surface area contributed by atoms with Crippen LogP contribution in [0.1, 0.15) is 32.1 Å². The summed E-state index contributed by atoms with van der Waals surface area (Å²) in [5.74, 6) is 3.99. The van der Waals surface area contributed by atoms with Crippen LogP contribution in [0.3, 0.4) is 0 Å². The number of hydrogen-bond donors (Lipinski definition) is 1. The fourth-order valence-electron chi connectivity index (χ4n) is 4.46. The molecule has 0 unspecified atom stereocenters. The summed E-state index contributed by atoms with van der Waals surface area (Å²) < 4.78 is 0. The summed E-state index contributed by atoms with van der Waals surface area (Å²) in [6, 6.07) is 0. The lowest BCUT2D eigenvalue weighted by molar-refractivity contribution is -0.131. The van der Waals surface area contributed by atoms with Gasteiger partial charge in [0.1, 0.15) is 0 Å². The van der Waals surface area contributed by atoms with Gasteiger partial charge in [0.25, 0.3) is 0 Å². The number of carboxylic acids is 1. The molecule has 0 aliphatic heterocycles. The van der Waals surface area contributed by atoms with E-state index >= 15 is 0 Å². The molecule has 0 saturated heterocycles. The maximum atomic E-state index is 10.4. The van der Waals surface area contributed by atoms with Crippen LogP contribution in [0.15, 0.2) is 12.2 Å². The summed E-state index contributed by atoms with van der Waals surface area (Å²) in [5, 5.41) is 9.38. The third kappa shape index (κ3) is 2.40. The lowest BCUT2D eigenvalue weighted by Crippen LogP contribution is -2.46. The topological polar surface area (TPSA) is 37.3 Å². The SMILES string of the molecule is O=C(O)/C=C/CSC1C2CC3CC(C2)CC1C3. The number of carbonyl (C=O) groups is 1. The minimum Gasteiger partial charge on any atom is -0.478 e. The first-order valence-electron chi connectivity index (χ1n) is 6.73. The third-order valence-corrected chi connectivity index (χ3v) is 6.33. The van der Waals surface area contributed by atoms with E-state index in [0.29, 0.717) is 0 Å².